The Morgan fingerprint density at radius 2 is 1.38 bits per heavy atom. The summed E-state index contributed by atoms with van der Waals surface area (Å²) in [5.41, 5.74) is 3.99. The molecule has 4 aliphatic heterocycles. The number of fused-ring (bicyclic) bond motifs is 5. The first-order valence-corrected chi connectivity index (χ1v) is 36.9. The predicted molar refractivity (Wildman–Crippen MR) is 381 cm³/mol. The van der Waals surface area contributed by atoms with Gasteiger partial charge in [0, 0.05) is 115 Å². The molecule has 3 N–H and O–H groups in total. The van der Waals surface area contributed by atoms with Crippen molar-refractivity contribution in [2.75, 3.05) is 96.4 Å². The van der Waals surface area contributed by atoms with Crippen molar-refractivity contribution in [3.05, 3.63) is 82.0 Å². The number of piperidine rings is 1. The van der Waals surface area contributed by atoms with Crippen LogP contribution in [0.5, 0.6) is 0 Å². The van der Waals surface area contributed by atoms with Crippen LogP contribution in [0, 0.1) is 29.1 Å². The van der Waals surface area contributed by atoms with Gasteiger partial charge in [0.1, 0.15) is 34.9 Å². The molecule has 101 heavy (non-hydrogen) atoms. The quantitative estimate of drug-likeness (QED) is 0.0502. The number of anilines is 2. The van der Waals surface area contributed by atoms with Crippen LogP contribution in [0.25, 0.3) is 0 Å². The summed E-state index contributed by atoms with van der Waals surface area (Å²) in [6.07, 6.45) is 13.5. The Hall–Kier alpha value is -8.10. The Labute approximate surface area is 595 Å². The number of hydrogen-bond acceptors (Lipinski definition) is 16. The van der Waals surface area contributed by atoms with E-state index < -0.39 is 82.1 Å². The molecule has 548 valence electrons. The SMILES string of the molecule is CC#C[C@]1(O)CC[C@H]2[C@@H]3CCC4=CC(=O)CCC4=C3[C@@H](c3ccc(N(C)CCCC(=O)N4CCN(C(=O)OC(C)(C)C)CC4C(=O)N4CCN(C(=O)OC(C)(C)C)CC4C(=O)N(C)CCCCCCOCCCCCCNc4cccc5c4C(=O)N(C4CCC(=O)NC4=O)C5=O)cc3)C[C@@]21C. The second kappa shape index (κ2) is 32.1. The van der Waals surface area contributed by atoms with Crippen molar-refractivity contribution in [1.82, 2.24) is 34.7 Å². The number of likely N-dealkylation sites (N-methyl/N-ethyl adjacent to an activating group) is 1. The van der Waals surface area contributed by atoms with Gasteiger partial charge in [0.2, 0.25) is 29.5 Å². The Bertz CT molecular complexity index is 3620. The number of allylic oxidation sites excluding steroid dienone is 4. The average Bonchev–Trinajstić information content (AvgIpc) is 1.64. The summed E-state index contributed by atoms with van der Waals surface area (Å²) >= 11 is 0. The molecule has 3 saturated heterocycles. The van der Waals surface area contributed by atoms with E-state index in [1.165, 1.54) is 37.0 Å². The van der Waals surface area contributed by atoms with Crippen LogP contribution in [0.1, 0.15) is 210 Å². The maximum Gasteiger partial charge on any atom is 0.410 e. The van der Waals surface area contributed by atoms with E-state index >= 15 is 4.79 Å². The summed E-state index contributed by atoms with van der Waals surface area (Å²) < 4.78 is 17.5. The summed E-state index contributed by atoms with van der Waals surface area (Å²) in [7, 11) is 3.69. The Kier molecular flexibility index (Phi) is 24.0. The lowest BCUT2D eigenvalue weighted by Gasteiger charge is -2.53. The molecule has 2 aromatic carbocycles. The van der Waals surface area contributed by atoms with Crippen LogP contribution in [0.4, 0.5) is 21.0 Å². The number of ketones is 1. The molecule has 0 aromatic heterocycles. The van der Waals surface area contributed by atoms with Gasteiger partial charge in [-0.25, -0.2) is 9.59 Å². The normalized spacial score (nSPS) is 25.1. The predicted octanol–water partition coefficient (Wildman–Crippen LogP) is 9.56. The minimum Gasteiger partial charge on any atom is -0.444 e. The molecule has 3 unspecified atom stereocenters. The minimum atomic E-state index is -1.14. The highest BCUT2D eigenvalue weighted by Crippen LogP contribution is 2.66. The molecule has 0 spiro atoms. The lowest BCUT2D eigenvalue weighted by molar-refractivity contribution is -0.157. The molecule has 10 rings (SSSR count). The standard InChI is InChI=1S/C78H107N9O14/c1-11-36-78(98)37-35-59-56-31-27-52-47-54(88)30-32-55(52)66(56)58(48-77(59,78)8)51-25-28-53(29-26-51)81(9)40-21-24-65(90)85-43-41-83(73(96)100-75(2,3)4)50-63(85)71(94)86-44-42-84(74(97)101-76(5,6)7)49-62(86)70(93)82(10)39-17-13-15-19-46-99-45-18-14-12-16-38-79-60-23-20-22-57-67(60)72(95)87(69(57)92)61-33-34-64(89)80-68(61)91/h20,22-23,25-26,28-29,47,56,58-59,61-63,79,98H,12-19,21,24,27,30-35,37-46,48-50H2,1-10H3,(H,80,89,91)/t56-,58+,59-,61?,62?,63?,77-,78-/m0/s1. The molecule has 23 heteroatoms. The van der Waals surface area contributed by atoms with Gasteiger partial charge < -0.3 is 54.0 Å². The van der Waals surface area contributed by atoms with Gasteiger partial charge >= 0.3 is 12.2 Å². The van der Waals surface area contributed by atoms with E-state index in [1.54, 1.807) is 83.5 Å². The number of hydrogen-bond donors (Lipinski definition) is 3. The molecule has 2 aromatic rings. The molecular weight excluding hydrogens is 1290 g/mol. The van der Waals surface area contributed by atoms with Crippen molar-refractivity contribution in [2.45, 2.75) is 218 Å². The zero-order valence-electron chi connectivity index (χ0n) is 61.2. The first-order valence-electron chi connectivity index (χ1n) is 36.9. The Morgan fingerprint density at radius 3 is 2.04 bits per heavy atom. The fraction of sp³-hybridized carbons (Fsp3) is 0.641. The van der Waals surface area contributed by atoms with Crippen molar-refractivity contribution in [3.8, 4) is 11.8 Å². The third-order valence-corrected chi connectivity index (χ3v) is 22.0. The number of ether oxygens (including phenoxy) is 3. The molecule has 8 atom stereocenters. The number of amides is 9. The third-order valence-electron chi connectivity index (χ3n) is 22.0. The van der Waals surface area contributed by atoms with Gasteiger partial charge in [0.05, 0.1) is 24.2 Å². The van der Waals surface area contributed by atoms with Gasteiger partial charge in [-0.2, -0.15) is 0 Å². The minimum absolute atomic E-state index is 0.0120. The number of piperazine rings is 2. The monoisotopic (exact) mass is 1390 g/mol. The molecule has 2 saturated carbocycles. The van der Waals surface area contributed by atoms with E-state index in [9.17, 15) is 48.3 Å². The van der Waals surface area contributed by atoms with Crippen LogP contribution >= 0.6 is 0 Å². The van der Waals surface area contributed by atoms with Gasteiger partial charge in [-0.3, -0.25) is 48.6 Å². The van der Waals surface area contributed by atoms with Crippen LogP contribution in [-0.4, -0.2) is 215 Å². The fourth-order valence-electron chi connectivity index (χ4n) is 16.7. The molecule has 5 fully saturated rings. The van der Waals surface area contributed by atoms with Crippen molar-refractivity contribution in [2.24, 2.45) is 17.3 Å². The first-order chi connectivity index (χ1) is 48.0. The topological polar surface area (TPSA) is 265 Å². The van der Waals surface area contributed by atoms with Crippen LogP contribution in [0.2, 0.25) is 0 Å². The number of unbranched alkanes of at least 4 members (excludes halogenated alkanes) is 6. The summed E-state index contributed by atoms with van der Waals surface area (Å²) in [5.74, 6) is 3.90. The van der Waals surface area contributed by atoms with Gasteiger partial charge in [0.25, 0.3) is 11.8 Å². The summed E-state index contributed by atoms with van der Waals surface area (Å²) in [5, 5.41) is 17.8. The number of carbonyl (C=O) groups excluding carboxylic acids is 10. The third kappa shape index (κ3) is 17.2. The smallest absolute Gasteiger partial charge is 0.410 e. The highest BCUT2D eigenvalue weighted by atomic mass is 16.6. The maximum atomic E-state index is 15.4. The van der Waals surface area contributed by atoms with Gasteiger partial charge in [0.15, 0.2) is 5.78 Å². The molecule has 23 nitrogen and oxygen atoms in total. The number of aliphatic hydroxyl groups is 1. The molecule has 8 aliphatic rings. The largest absolute Gasteiger partial charge is 0.444 e. The molecule has 4 aliphatic carbocycles. The van der Waals surface area contributed by atoms with E-state index in [0.29, 0.717) is 76.1 Å². The van der Waals surface area contributed by atoms with Crippen LogP contribution in [0.3, 0.4) is 0 Å². The molecule has 9 amide bonds. The highest BCUT2D eigenvalue weighted by molar-refractivity contribution is 6.25. The Morgan fingerprint density at radius 1 is 0.723 bits per heavy atom. The average molecular weight is 1390 g/mol. The van der Waals surface area contributed by atoms with E-state index in [4.69, 9.17) is 14.2 Å². The van der Waals surface area contributed by atoms with E-state index in [1.807, 2.05) is 13.1 Å². The summed E-state index contributed by atoms with van der Waals surface area (Å²) in [4.78, 5) is 146. The molecule has 4 heterocycles. The van der Waals surface area contributed by atoms with Crippen molar-refractivity contribution < 1.29 is 67.3 Å². The zero-order valence-corrected chi connectivity index (χ0v) is 61.2. The van der Waals surface area contributed by atoms with Crippen LogP contribution < -0.4 is 15.5 Å². The maximum absolute atomic E-state index is 15.4. The summed E-state index contributed by atoms with van der Waals surface area (Å²) in [6, 6.07) is 10.4. The van der Waals surface area contributed by atoms with Crippen molar-refractivity contribution in [1.29, 1.82) is 0 Å². The fourth-order valence-corrected chi connectivity index (χ4v) is 16.7. The molecule has 0 radical (unpaired) electrons. The van der Waals surface area contributed by atoms with Gasteiger partial charge in [-0.1, -0.05) is 62.3 Å². The van der Waals surface area contributed by atoms with E-state index in [0.717, 1.165) is 87.6 Å². The second-order valence-corrected chi connectivity index (χ2v) is 31.2. The zero-order chi connectivity index (χ0) is 72.7. The van der Waals surface area contributed by atoms with Crippen LogP contribution in [-0.2, 0) is 43.0 Å². The van der Waals surface area contributed by atoms with E-state index in [2.05, 4.69) is 58.6 Å². The number of benzene rings is 2. The van der Waals surface area contributed by atoms with Gasteiger partial charge in [-0.15, -0.1) is 5.92 Å². The van der Waals surface area contributed by atoms with Gasteiger partial charge in [-0.05, 0) is 184 Å². The highest BCUT2D eigenvalue weighted by Gasteiger charge is 2.63. The number of rotatable bonds is 24. The Balaban J connectivity index is 0.711. The molecule has 0 bridgehead atoms. The van der Waals surface area contributed by atoms with Crippen molar-refractivity contribution in [3.63, 3.8) is 0 Å². The lowest BCUT2D eigenvalue weighted by Crippen LogP contribution is -2.68. The molecular formula is C78H107N9O14. The second-order valence-electron chi connectivity index (χ2n) is 31.2. The van der Waals surface area contributed by atoms with Crippen molar-refractivity contribution >= 4 is 70.7 Å². The van der Waals surface area contributed by atoms with Crippen LogP contribution in [0.15, 0.2) is 65.3 Å². The van der Waals surface area contributed by atoms with E-state index in [-0.39, 0.29) is 93.2 Å². The number of imide groups is 2. The summed E-state index contributed by atoms with van der Waals surface area (Å²) in [6.45, 7) is 17.3. The lowest BCUT2D eigenvalue weighted by atomic mass is 9.51. The number of nitrogens with zero attached hydrogens (tertiary/aromatic N) is 7. The number of carbonyl (C=O) groups is 10. The first kappa shape index (κ1) is 75.6. The number of nitrogens with one attached hydrogen (secondary N) is 2.